The summed E-state index contributed by atoms with van der Waals surface area (Å²) in [6.07, 6.45) is 0. The molecule has 0 spiro atoms. The fourth-order valence-corrected chi connectivity index (χ4v) is 2.18. The molecule has 19 heavy (non-hydrogen) atoms. The van der Waals surface area contributed by atoms with Crippen molar-refractivity contribution >= 4 is 28.3 Å². The topological polar surface area (TPSA) is 63.8 Å². The van der Waals surface area contributed by atoms with Crippen LogP contribution in [0.3, 0.4) is 0 Å². The monoisotopic (exact) mass is 277 g/mol. The first-order chi connectivity index (χ1) is 9.06. The van der Waals surface area contributed by atoms with Gasteiger partial charge in [0.2, 0.25) is 0 Å². The van der Waals surface area contributed by atoms with E-state index < -0.39 is 5.82 Å². The maximum atomic E-state index is 13.2. The Labute approximate surface area is 112 Å². The van der Waals surface area contributed by atoms with Crippen molar-refractivity contribution in [3.05, 3.63) is 57.7 Å². The highest BCUT2D eigenvalue weighted by atomic mass is 35.5. The minimum Gasteiger partial charge on any atom is -0.399 e. The molecule has 0 unspecified atom stereocenters. The molecule has 0 aliphatic rings. The lowest BCUT2D eigenvalue weighted by Gasteiger charge is -2.05. The maximum Gasteiger partial charge on any atom is 0.331 e. The lowest BCUT2D eigenvalue weighted by Crippen LogP contribution is -2.14. The predicted octanol–water partition coefficient (Wildman–Crippen LogP) is 2.69. The number of benzene rings is 2. The Morgan fingerprint density at radius 3 is 2.74 bits per heavy atom. The first-order valence-corrected chi connectivity index (χ1v) is 5.90. The van der Waals surface area contributed by atoms with Crippen LogP contribution in [0.15, 0.2) is 41.2 Å². The van der Waals surface area contributed by atoms with Crippen LogP contribution in [0.25, 0.3) is 16.7 Å². The summed E-state index contributed by atoms with van der Waals surface area (Å²) in [5.41, 5.74) is 7.67. The van der Waals surface area contributed by atoms with Crippen molar-refractivity contribution in [1.82, 2.24) is 9.55 Å². The molecular weight excluding hydrogens is 269 g/mol. The highest BCUT2D eigenvalue weighted by molar-refractivity contribution is 6.30. The molecule has 0 bridgehead atoms. The van der Waals surface area contributed by atoms with E-state index in [2.05, 4.69) is 4.98 Å². The van der Waals surface area contributed by atoms with E-state index >= 15 is 0 Å². The Hall–Kier alpha value is -2.27. The molecule has 0 atom stereocenters. The van der Waals surface area contributed by atoms with E-state index in [9.17, 15) is 9.18 Å². The summed E-state index contributed by atoms with van der Waals surface area (Å²) in [7, 11) is 0. The third-order valence-corrected chi connectivity index (χ3v) is 3.16. The quantitative estimate of drug-likeness (QED) is 0.672. The van der Waals surface area contributed by atoms with Gasteiger partial charge in [-0.05, 0) is 36.4 Å². The maximum absolute atomic E-state index is 13.2. The molecule has 2 aromatic carbocycles. The number of nitrogens with zero attached hydrogens (tertiary/aromatic N) is 1. The van der Waals surface area contributed by atoms with Crippen molar-refractivity contribution in [1.29, 1.82) is 0 Å². The molecule has 0 saturated carbocycles. The summed E-state index contributed by atoms with van der Waals surface area (Å²) in [6, 6.07) is 9.18. The Bertz CT molecular complexity index is 838. The number of hydrogen-bond donors (Lipinski definition) is 2. The highest BCUT2D eigenvalue weighted by Gasteiger charge is 2.10. The number of imidazole rings is 1. The molecule has 3 aromatic rings. The number of fused-ring (bicyclic) bond motifs is 1. The van der Waals surface area contributed by atoms with Crippen LogP contribution in [0.4, 0.5) is 10.1 Å². The Kier molecular flexibility index (Phi) is 2.57. The van der Waals surface area contributed by atoms with Gasteiger partial charge in [0.25, 0.3) is 0 Å². The van der Waals surface area contributed by atoms with E-state index in [1.54, 1.807) is 18.2 Å². The van der Waals surface area contributed by atoms with E-state index in [0.717, 1.165) is 0 Å². The zero-order chi connectivity index (χ0) is 13.6. The summed E-state index contributed by atoms with van der Waals surface area (Å²) in [6.45, 7) is 0. The zero-order valence-corrected chi connectivity index (χ0v) is 10.4. The van der Waals surface area contributed by atoms with E-state index in [0.29, 0.717) is 22.4 Å². The molecule has 0 fully saturated rings. The fourth-order valence-electron chi connectivity index (χ4n) is 2.00. The van der Waals surface area contributed by atoms with Gasteiger partial charge in [-0.2, -0.15) is 0 Å². The van der Waals surface area contributed by atoms with Crippen molar-refractivity contribution in [3.63, 3.8) is 0 Å². The molecule has 6 heteroatoms. The number of nitrogens with two attached hydrogens (primary N) is 1. The van der Waals surface area contributed by atoms with E-state index in [1.807, 2.05) is 0 Å². The van der Waals surface area contributed by atoms with Gasteiger partial charge < -0.3 is 10.7 Å². The second kappa shape index (κ2) is 4.13. The summed E-state index contributed by atoms with van der Waals surface area (Å²) in [5.74, 6) is -0.530. The average Bonchev–Trinajstić information content (AvgIpc) is 2.68. The minimum absolute atomic E-state index is 0.0392. The Morgan fingerprint density at radius 1 is 1.21 bits per heavy atom. The number of nitrogen functional groups attached to an aromatic ring is 1. The minimum atomic E-state index is -0.530. The molecule has 4 nitrogen and oxygen atoms in total. The van der Waals surface area contributed by atoms with Crippen LogP contribution in [0.5, 0.6) is 0 Å². The smallest absolute Gasteiger partial charge is 0.331 e. The summed E-state index contributed by atoms with van der Waals surface area (Å²) >= 11 is 5.74. The number of hydrogen-bond acceptors (Lipinski definition) is 2. The van der Waals surface area contributed by atoms with Gasteiger partial charge in [-0.3, -0.25) is 4.57 Å². The van der Waals surface area contributed by atoms with Crippen LogP contribution in [-0.2, 0) is 0 Å². The Balaban J connectivity index is 2.35. The fraction of sp³-hybridized carbons (Fsp3) is 0. The van der Waals surface area contributed by atoms with E-state index in [4.69, 9.17) is 17.3 Å². The van der Waals surface area contributed by atoms with Crippen LogP contribution >= 0.6 is 11.6 Å². The third kappa shape index (κ3) is 1.88. The highest BCUT2D eigenvalue weighted by Crippen LogP contribution is 2.22. The molecule has 0 saturated heterocycles. The van der Waals surface area contributed by atoms with E-state index in [-0.39, 0.29) is 10.7 Å². The first-order valence-electron chi connectivity index (χ1n) is 5.52. The number of halogens is 2. The van der Waals surface area contributed by atoms with Crippen LogP contribution in [0, 0.1) is 5.82 Å². The summed E-state index contributed by atoms with van der Waals surface area (Å²) in [5, 5.41) is -0.0392. The van der Waals surface area contributed by atoms with Crippen molar-refractivity contribution < 1.29 is 4.39 Å². The molecule has 1 aromatic heterocycles. The largest absolute Gasteiger partial charge is 0.399 e. The van der Waals surface area contributed by atoms with Gasteiger partial charge in [-0.15, -0.1) is 0 Å². The second-order valence-corrected chi connectivity index (χ2v) is 4.55. The van der Waals surface area contributed by atoms with Gasteiger partial charge in [-0.25, -0.2) is 9.18 Å². The molecule has 1 heterocycles. The van der Waals surface area contributed by atoms with Crippen LogP contribution in [0.2, 0.25) is 5.02 Å². The Morgan fingerprint density at radius 2 is 2.00 bits per heavy atom. The number of H-pyrrole nitrogens is 1. The predicted molar refractivity (Wildman–Crippen MR) is 73.3 cm³/mol. The number of rotatable bonds is 1. The number of anilines is 1. The molecule has 0 aliphatic carbocycles. The van der Waals surface area contributed by atoms with Crippen molar-refractivity contribution in [2.45, 2.75) is 0 Å². The first kappa shape index (κ1) is 11.8. The summed E-state index contributed by atoms with van der Waals surface area (Å²) < 4.78 is 14.6. The lowest BCUT2D eigenvalue weighted by molar-refractivity contribution is 0.628. The van der Waals surface area contributed by atoms with Crippen molar-refractivity contribution in [2.24, 2.45) is 0 Å². The van der Waals surface area contributed by atoms with Crippen molar-refractivity contribution in [3.8, 4) is 5.69 Å². The molecule has 0 radical (unpaired) electrons. The SMILES string of the molecule is Nc1ccc2[nH]c(=O)n(-c3ccc(F)c(Cl)c3)c2c1. The van der Waals surface area contributed by atoms with Gasteiger partial charge in [0.05, 0.1) is 21.7 Å². The third-order valence-electron chi connectivity index (χ3n) is 2.87. The molecular formula is C13H9ClFN3O. The normalized spacial score (nSPS) is 11.1. The summed E-state index contributed by atoms with van der Waals surface area (Å²) in [4.78, 5) is 14.7. The number of aromatic nitrogens is 2. The average molecular weight is 278 g/mol. The van der Waals surface area contributed by atoms with E-state index in [1.165, 1.54) is 22.8 Å². The molecule has 3 N–H and O–H groups in total. The molecule has 0 aliphatic heterocycles. The zero-order valence-electron chi connectivity index (χ0n) is 9.65. The van der Waals surface area contributed by atoms with Crippen LogP contribution in [0.1, 0.15) is 0 Å². The van der Waals surface area contributed by atoms with Gasteiger partial charge >= 0.3 is 5.69 Å². The van der Waals surface area contributed by atoms with Gasteiger partial charge in [0, 0.05) is 5.69 Å². The lowest BCUT2D eigenvalue weighted by atomic mass is 10.2. The number of nitrogens with one attached hydrogen (secondary N) is 1. The van der Waals surface area contributed by atoms with Gasteiger partial charge in [0.15, 0.2) is 0 Å². The standard InChI is InChI=1S/C13H9ClFN3O/c14-9-6-8(2-3-10(9)15)18-12-5-7(16)1-4-11(12)17-13(18)19/h1-6H,16H2,(H,17,19). The van der Waals surface area contributed by atoms with Crippen LogP contribution < -0.4 is 11.4 Å². The van der Waals surface area contributed by atoms with Gasteiger partial charge in [0.1, 0.15) is 5.82 Å². The van der Waals surface area contributed by atoms with Crippen LogP contribution in [-0.4, -0.2) is 9.55 Å². The molecule has 0 amide bonds. The number of aromatic amines is 1. The second-order valence-electron chi connectivity index (χ2n) is 4.14. The molecule has 96 valence electrons. The van der Waals surface area contributed by atoms with Gasteiger partial charge in [-0.1, -0.05) is 11.6 Å². The molecule has 3 rings (SSSR count). The van der Waals surface area contributed by atoms with Crippen molar-refractivity contribution in [2.75, 3.05) is 5.73 Å².